The molecule has 1 fully saturated rings. The van der Waals surface area contributed by atoms with Crippen LogP contribution in [0.4, 0.5) is 0 Å². The number of nitrogens with zero attached hydrogens (tertiary/aromatic N) is 4. The predicted octanol–water partition coefficient (Wildman–Crippen LogP) is 5.69. The van der Waals surface area contributed by atoms with Crippen LogP contribution in [0.5, 0.6) is 5.75 Å². The molecule has 1 unspecified atom stereocenters. The molecule has 1 atom stereocenters. The molecule has 3 heterocycles. The number of pyridine rings is 1. The van der Waals surface area contributed by atoms with Crippen LogP contribution in [0.25, 0.3) is 16.7 Å². The number of ether oxygens (including phenoxy) is 1. The van der Waals surface area contributed by atoms with Crippen molar-refractivity contribution >= 4 is 51.7 Å². The summed E-state index contributed by atoms with van der Waals surface area (Å²) in [6, 6.07) is 12.1. The summed E-state index contributed by atoms with van der Waals surface area (Å²) in [4.78, 5) is 31.7. The van der Waals surface area contributed by atoms with Gasteiger partial charge in [-0.2, -0.15) is 0 Å². The van der Waals surface area contributed by atoms with Crippen molar-refractivity contribution in [2.75, 3.05) is 13.1 Å². The Morgan fingerprint density at radius 3 is 2.67 bits per heavy atom. The summed E-state index contributed by atoms with van der Waals surface area (Å²) in [6.45, 7) is 4.82. The highest BCUT2D eigenvalue weighted by Crippen LogP contribution is 2.31. The highest BCUT2D eigenvalue weighted by molar-refractivity contribution is 6.42. The summed E-state index contributed by atoms with van der Waals surface area (Å²) in [6.07, 6.45) is 5.27. The van der Waals surface area contributed by atoms with Gasteiger partial charge in [0.2, 0.25) is 5.91 Å². The molecule has 5 rings (SSSR count). The molecule has 1 saturated heterocycles. The fraction of sp³-hybridized carbons (Fsp3) is 0.192. The van der Waals surface area contributed by atoms with Crippen LogP contribution in [0.2, 0.25) is 15.1 Å². The lowest BCUT2D eigenvalue weighted by molar-refractivity contribution is -0.125. The number of carbonyl (C=O) groups excluding carboxylic acids is 1. The number of halogens is 3. The molecule has 7 nitrogen and oxygen atoms in total. The van der Waals surface area contributed by atoms with Gasteiger partial charge in [0.25, 0.3) is 0 Å². The van der Waals surface area contributed by atoms with E-state index >= 15 is 0 Å². The Kier molecular flexibility index (Phi) is 6.79. The van der Waals surface area contributed by atoms with Gasteiger partial charge in [0.05, 0.1) is 44.0 Å². The quantitative estimate of drug-likeness (QED) is 0.293. The monoisotopic (exact) mass is 542 g/mol. The van der Waals surface area contributed by atoms with Crippen molar-refractivity contribution in [2.24, 2.45) is 0 Å². The molecular formula is C26H21Cl3N4O3. The molecule has 10 heteroatoms. The van der Waals surface area contributed by atoms with Gasteiger partial charge >= 0.3 is 5.69 Å². The first-order chi connectivity index (χ1) is 17.4. The summed E-state index contributed by atoms with van der Waals surface area (Å²) in [5.41, 5.74) is 2.59. The number of fused-ring (bicyclic) bond motifs is 1. The van der Waals surface area contributed by atoms with E-state index in [1.165, 1.54) is 6.08 Å². The Bertz CT molecular complexity index is 1550. The van der Waals surface area contributed by atoms with Crippen LogP contribution in [0.15, 0.2) is 72.3 Å². The third-order valence-electron chi connectivity index (χ3n) is 6.24. The van der Waals surface area contributed by atoms with Gasteiger partial charge < -0.3 is 9.64 Å². The normalized spacial score (nSPS) is 15.4. The van der Waals surface area contributed by atoms with E-state index in [1.807, 2.05) is 12.1 Å². The maximum atomic E-state index is 13.7. The van der Waals surface area contributed by atoms with Crippen LogP contribution in [-0.4, -0.2) is 38.0 Å². The van der Waals surface area contributed by atoms with Crippen molar-refractivity contribution in [3.8, 4) is 11.4 Å². The highest BCUT2D eigenvalue weighted by Gasteiger charge is 2.30. The average Bonchev–Trinajstić information content (AvgIpc) is 3.46. The zero-order chi connectivity index (χ0) is 25.4. The number of amides is 1. The molecule has 4 aromatic rings. The SMILES string of the molecule is C=CC(=O)N1CCC(n2c(=O)n(-c3ccc(OCc4ccc(Cl)c(Cl)c4)c(Cl)c3)c3cnccc32)C1. The molecule has 0 aliphatic carbocycles. The van der Waals surface area contributed by atoms with Crippen LogP contribution in [0.1, 0.15) is 18.0 Å². The number of rotatable bonds is 6. The van der Waals surface area contributed by atoms with E-state index in [-0.39, 0.29) is 24.2 Å². The Labute approximate surface area is 222 Å². The predicted molar refractivity (Wildman–Crippen MR) is 142 cm³/mol. The van der Waals surface area contributed by atoms with E-state index < -0.39 is 0 Å². The second kappa shape index (κ2) is 10.0. The van der Waals surface area contributed by atoms with E-state index in [0.29, 0.717) is 51.5 Å². The van der Waals surface area contributed by atoms with Gasteiger partial charge in [-0.3, -0.25) is 18.9 Å². The lowest BCUT2D eigenvalue weighted by Crippen LogP contribution is -2.31. The lowest BCUT2D eigenvalue weighted by atomic mass is 10.2. The zero-order valence-electron chi connectivity index (χ0n) is 19.0. The molecule has 2 aromatic carbocycles. The van der Waals surface area contributed by atoms with E-state index in [1.54, 1.807) is 56.8 Å². The third-order valence-corrected chi connectivity index (χ3v) is 7.28. The standard InChI is InChI=1S/C26H21Cl3N4O3/c1-2-25(34)31-10-8-18(14-31)33-22-7-9-30-13-23(22)32(26(33)35)17-4-6-24(21(29)12-17)36-15-16-3-5-19(27)20(28)11-16/h2-7,9,11-13,18H,1,8,10,14-15H2. The number of hydrogen-bond acceptors (Lipinski definition) is 4. The lowest BCUT2D eigenvalue weighted by Gasteiger charge is -2.15. The number of aromatic nitrogens is 3. The van der Waals surface area contributed by atoms with Gasteiger partial charge in [-0.05, 0) is 54.5 Å². The molecule has 0 saturated carbocycles. The van der Waals surface area contributed by atoms with Crippen LogP contribution in [-0.2, 0) is 11.4 Å². The van der Waals surface area contributed by atoms with Crippen LogP contribution in [0, 0.1) is 0 Å². The summed E-state index contributed by atoms with van der Waals surface area (Å²) in [5, 5.41) is 1.27. The average molecular weight is 544 g/mol. The summed E-state index contributed by atoms with van der Waals surface area (Å²) in [7, 11) is 0. The number of carbonyl (C=O) groups is 1. The minimum atomic E-state index is -0.226. The second-order valence-electron chi connectivity index (χ2n) is 8.44. The van der Waals surface area contributed by atoms with Crippen molar-refractivity contribution in [3.63, 3.8) is 0 Å². The molecule has 2 aromatic heterocycles. The minimum absolute atomic E-state index is 0.140. The number of imidazole rings is 1. The van der Waals surface area contributed by atoms with Gasteiger partial charge in [-0.25, -0.2) is 4.79 Å². The van der Waals surface area contributed by atoms with E-state index in [9.17, 15) is 9.59 Å². The molecular weight excluding hydrogens is 523 g/mol. The van der Waals surface area contributed by atoms with Crippen LogP contribution in [0.3, 0.4) is 0 Å². The fourth-order valence-corrected chi connectivity index (χ4v) is 5.04. The molecule has 36 heavy (non-hydrogen) atoms. The van der Waals surface area contributed by atoms with Crippen molar-refractivity contribution < 1.29 is 9.53 Å². The summed E-state index contributed by atoms with van der Waals surface area (Å²) in [5.74, 6) is 0.329. The largest absolute Gasteiger partial charge is 0.487 e. The van der Waals surface area contributed by atoms with Crippen LogP contribution < -0.4 is 10.4 Å². The molecule has 1 amide bonds. The maximum absolute atomic E-state index is 13.7. The van der Waals surface area contributed by atoms with Crippen molar-refractivity contribution in [1.82, 2.24) is 19.0 Å². The van der Waals surface area contributed by atoms with Gasteiger partial charge in [0.1, 0.15) is 12.4 Å². The second-order valence-corrected chi connectivity index (χ2v) is 9.66. The highest BCUT2D eigenvalue weighted by atomic mass is 35.5. The molecule has 0 N–H and O–H groups in total. The van der Waals surface area contributed by atoms with Gasteiger partial charge in [-0.15, -0.1) is 0 Å². The van der Waals surface area contributed by atoms with Crippen molar-refractivity contribution in [2.45, 2.75) is 19.1 Å². The maximum Gasteiger partial charge on any atom is 0.334 e. The number of benzene rings is 2. The Morgan fingerprint density at radius 1 is 1.08 bits per heavy atom. The van der Waals surface area contributed by atoms with Gasteiger partial charge in [0.15, 0.2) is 0 Å². The van der Waals surface area contributed by atoms with E-state index in [0.717, 1.165) is 11.1 Å². The Balaban J connectivity index is 1.46. The fourth-order valence-electron chi connectivity index (χ4n) is 4.49. The molecule has 0 bridgehead atoms. The summed E-state index contributed by atoms with van der Waals surface area (Å²) < 4.78 is 9.18. The molecule has 184 valence electrons. The van der Waals surface area contributed by atoms with Gasteiger partial charge in [0, 0.05) is 19.3 Å². The Morgan fingerprint density at radius 2 is 1.92 bits per heavy atom. The van der Waals surface area contributed by atoms with Crippen LogP contribution >= 0.6 is 34.8 Å². The van der Waals surface area contributed by atoms with E-state index in [2.05, 4.69) is 11.6 Å². The molecule has 0 spiro atoms. The first kappa shape index (κ1) is 24.4. The third kappa shape index (κ3) is 4.50. The topological polar surface area (TPSA) is 69.4 Å². The molecule has 1 aliphatic heterocycles. The van der Waals surface area contributed by atoms with E-state index in [4.69, 9.17) is 39.5 Å². The first-order valence-corrected chi connectivity index (χ1v) is 12.4. The van der Waals surface area contributed by atoms with Crippen molar-refractivity contribution in [1.29, 1.82) is 0 Å². The summed E-state index contributed by atoms with van der Waals surface area (Å²) >= 11 is 18.6. The Hall–Kier alpha value is -3.26. The zero-order valence-corrected chi connectivity index (χ0v) is 21.3. The number of likely N-dealkylation sites (tertiary alicyclic amines) is 1. The van der Waals surface area contributed by atoms with Crippen molar-refractivity contribution in [3.05, 3.63) is 98.6 Å². The first-order valence-electron chi connectivity index (χ1n) is 11.2. The smallest absolute Gasteiger partial charge is 0.334 e. The molecule has 1 aliphatic rings. The minimum Gasteiger partial charge on any atom is -0.487 e. The number of hydrogen-bond donors (Lipinski definition) is 0. The molecule has 0 radical (unpaired) electrons. The van der Waals surface area contributed by atoms with Gasteiger partial charge in [-0.1, -0.05) is 47.4 Å².